The molecule has 16 heavy (non-hydrogen) atoms. The van der Waals surface area contributed by atoms with Crippen molar-refractivity contribution in [1.29, 1.82) is 0 Å². The van der Waals surface area contributed by atoms with Crippen LogP contribution in [0.4, 0.5) is 0 Å². The van der Waals surface area contributed by atoms with Gasteiger partial charge in [0.25, 0.3) is 0 Å². The molecule has 0 spiro atoms. The average molecular weight is 228 g/mol. The van der Waals surface area contributed by atoms with Crippen LogP contribution in [0.3, 0.4) is 0 Å². The number of hydrogen-bond acceptors (Lipinski definition) is 3. The molecule has 3 nitrogen and oxygen atoms in total. The number of aliphatic hydroxyl groups is 1. The quantitative estimate of drug-likeness (QED) is 0.754. The first-order valence-corrected chi connectivity index (χ1v) is 5.90. The van der Waals surface area contributed by atoms with Gasteiger partial charge < -0.3 is 9.84 Å². The minimum atomic E-state index is -0.919. The van der Waals surface area contributed by atoms with Crippen LogP contribution < -0.4 is 0 Å². The van der Waals surface area contributed by atoms with Gasteiger partial charge in [-0.1, -0.05) is 27.7 Å². The van der Waals surface area contributed by atoms with E-state index in [1.54, 1.807) is 0 Å². The maximum absolute atomic E-state index is 11.9. The molecule has 0 aliphatic heterocycles. The summed E-state index contributed by atoms with van der Waals surface area (Å²) in [6, 6.07) is 0. The summed E-state index contributed by atoms with van der Waals surface area (Å²) < 4.78 is 4.87. The molecule has 0 radical (unpaired) electrons. The summed E-state index contributed by atoms with van der Waals surface area (Å²) in [6.45, 7) is 9.96. The fourth-order valence-electron chi connectivity index (χ4n) is 3.07. The van der Waals surface area contributed by atoms with Crippen molar-refractivity contribution in [2.45, 2.75) is 53.1 Å². The fraction of sp³-hybridized carbons (Fsp3) is 0.923. The average Bonchev–Trinajstić information content (AvgIpc) is 2.11. The predicted molar refractivity (Wildman–Crippen MR) is 62.9 cm³/mol. The second-order valence-corrected chi connectivity index (χ2v) is 6.40. The Morgan fingerprint density at radius 1 is 1.38 bits per heavy atom. The van der Waals surface area contributed by atoms with Gasteiger partial charge in [0.15, 0.2) is 0 Å². The second kappa shape index (κ2) is 3.73. The Labute approximate surface area is 98.2 Å². The molecule has 0 bridgehead atoms. The van der Waals surface area contributed by atoms with E-state index in [9.17, 15) is 9.90 Å². The summed E-state index contributed by atoms with van der Waals surface area (Å²) in [5.74, 6) is -0.249. The van der Waals surface area contributed by atoms with Gasteiger partial charge in [0, 0.05) is 0 Å². The van der Waals surface area contributed by atoms with Crippen LogP contribution in [0.15, 0.2) is 0 Å². The molecule has 0 saturated heterocycles. The van der Waals surface area contributed by atoms with E-state index >= 15 is 0 Å². The summed E-state index contributed by atoms with van der Waals surface area (Å²) in [5.41, 5.74) is -1.60. The third-order valence-electron chi connectivity index (χ3n) is 4.27. The Morgan fingerprint density at radius 3 is 2.06 bits per heavy atom. The number of carbonyl (C=O) groups excluding carboxylic acids is 1. The summed E-state index contributed by atoms with van der Waals surface area (Å²) in [6.07, 6.45) is 1.31. The van der Waals surface area contributed by atoms with Gasteiger partial charge in [-0.2, -0.15) is 0 Å². The van der Waals surface area contributed by atoms with Crippen molar-refractivity contribution >= 4 is 5.97 Å². The Morgan fingerprint density at radius 2 is 1.81 bits per heavy atom. The number of methoxy groups -OCH3 is 1. The molecule has 1 unspecified atom stereocenters. The maximum atomic E-state index is 11.9. The highest BCUT2D eigenvalue weighted by Gasteiger charge is 2.63. The number of esters is 1. The monoisotopic (exact) mass is 228 g/mol. The van der Waals surface area contributed by atoms with E-state index in [-0.39, 0.29) is 17.3 Å². The molecule has 1 N–H and O–H groups in total. The normalized spacial score (nSPS) is 25.8. The van der Waals surface area contributed by atoms with Gasteiger partial charge in [-0.25, -0.2) is 0 Å². The molecule has 1 aliphatic rings. The molecule has 0 amide bonds. The van der Waals surface area contributed by atoms with Crippen LogP contribution in [0.2, 0.25) is 0 Å². The molecular weight excluding hydrogens is 204 g/mol. The lowest BCUT2D eigenvalue weighted by molar-refractivity contribution is -0.218. The predicted octanol–water partition coefficient (Wildman–Crippen LogP) is 2.37. The van der Waals surface area contributed by atoms with Gasteiger partial charge in [0.1, 0.15) is 0 Å². The van der Waals surface area contributed by atoms with Gasteiger partial charge in [0.05, 0.1) is 18.1 Å². The first-order valence-electron chi connectivity index (χ1n) is 5.90. The van der Waals surface area contributed by atoms with E-state index in [4.69, 9.17) is 4.74 Å². The molecular formula is C13H24O3. The zero-order chi connectivity index (χ0) is 12.8. The molecule has 94 valence electrons. The van der Waals surface area contributed by atoms with Crippen LogP contribution in [0, 0.1) is 16.7 Å². The van der Waals surface area contributed by atoms with Crippen LogP contribution in [0.5, 0.6) is 0 Å². The lowest BCUT2D eigenvalue weighted by atomic mass is 9.49. The maximum Gasteiger partial charge on any atom is 0.314 e. The van der Waals surface area contributed by atoms with Crippen LogP contribution in [0.1, 0.15) is 47.5 Å². The Hall–Kier alpha value is -0.570. The highest BCUT2D eigenvalue weighted by molar-refractivity contribution is 5.78. The molecule has 0 aromatic rings. The van der Waals surface area contributed by atoms with Crippen LogP contribution in [-0.2, 0) is 9.53 Å². The molecule has 0 aromatic carbocycles. The van der Waals surface area contributed by atoms with Crippen LogP contribution >= 0.6 is 0 Å². The van der Waals surface area contributed by atoms with Crippen LogP contribution in [-0.4, -0.2) is 23.8 Å². The molecule has 1 atom stereocenters. The molecule has 0 aromatic heterocycles. The number of rotatable bonds is 3. The van der Waals surface area contributed by atoms with Crippen molar-refractivity contribution < 1.29 is 14.6 Å². The number of hydrogen-bond donors (Lipinski definition) is 1. The third kappa shape index (κ3) is 1.75. The Kier molecular flexibility index (Phi) is 3.14. The Bertz CT molecular complexity index is 286. The standard InChI is InChI=1S/C13H24O3/c1-9(2)12(5,10(14)16-6)13(15)7-11(3,4)8-13/h9,15H,7-8H2,1-6H3. The van der Waals surface area contributed by atoms with E-state index < -0.39 is 11.0 Å². The smallest absolute Gasteiger partial charge is 0.314 e. The molecule has 1 rings (SSSR count). The van der Waals surface area contributed by atoms with Crippen molar-refractivity contribution in [3.63, 3.8) is 0 Å². The summed E-state index contributed by atoms with van der Waals surface area (Å²) >= 11 is 0. The number of carbonyl (C=O) groups is 1. The van der Waals surface area contributed by atoms with Gasteiger partial charge in [-0.05, 0) is 31.1 Å². The molecule has 0 heterocycles. The highest BCUT2D eigenvalue weighted by atomic mass is 16.5. The molecule has 3 heteroatoms. The summed E-state index contributed by atoms with van der Waals surface area (Å²) in [7, 11) is 1.39. The van der Waals surface area contributed by atoms with Gasteiger partial charge in [-0.15, -0.1) is 0 Å². The largest absolute Gasteiger partial charge is 0.469 e. The second-order valence-electron chi connectivity index (χ2n) is 6.40. The van der Waals surface area contributed by atoms with Gasteiger partial charge in [-0.3, -0.25) is 4.79 Å². The van der Waals surface area contributed by atoms with Crippen molar-refractivity contribution in [1.82, 2.24) is 0 Å². The summed E-state index contributed by atoms with van der Waals surface area (Å²) in [5, 5.41) is 10.6. The van der Waals surface area contributed by atoms with Crippen molar-refractivity contribution in [2.75, 3.05) is 7.11 Å². The molecule has 1 aliphatic carbocycles. The van der Waals surface area contributed by atoms with E-state index in [1.807, 2.05) is 20.8 Å². The van der Waals surface area contributed by atoms with Crippen molar-refractivity contribution in [3.8, 4) is 0 Å². The van der Waals surface area contributed by atoms with Crippen LogP contribution in [0.25, 0.3) is 0 Å². The lowest BCUT2D eigenvalue weighted by Gasteiger charge is -2.58. The first kappa shape index (κ1) is 13.5. The topological polar surface area (TPSA) is 46.5 Å². The van der Waals surface area contributed by atoms with Gasteiger partial charge in [0.2, 0.25) is 0 Å². The van der Waals surface area contributed by atoms with E-state index in [2.05, 4.69) is 13.8 Å². The molecule has 1 saturated carbocycles. The van der Waals surface area contributed by atoms with E-state index in [0.717, 1.165) is 0 Å². The lowest BCUT2D eigenvalue weighted by Crippen LogP contribution is -2.64. The van der Waals surface area contributed by atoms with E-state index in [0.29, 0.717) is 12.8 Å². The Balaban J connectivity index is 3.01. The van der Waals surface area contributed by atoms with Crippen molar-refractivity contribution in [3.05, 3.63) is 0 Å². The van der Waals surface area contributed by atoms with Crippen molar-refractivity contribution in [2.24, 2.45) is 16.7 Å². The summed E-state index contributed by atoms with van der Waals surface area (Å²) in [4.78, 5) is 11.9. The van der Waals surface area contributed by atoms with Gasteiger partial charge >= 0.3 is 5.97 Å². The minimum Gasteiger partial charge on any atom is -0.469 e. The third-order valence-corrected chi connectivity index (χ3v) is 4.27. The number of ether oxygens (including phenoxy) is 1. The molecule has 1 fully saturated rings. The highest BCUT2D eigenvalue weighted by Crippen LogP contribution is 2.58. The SMILES string of the molecule is COC(=O)C(C)(C(C)C)C1(O)CC(C)(C)C1. The van der Waals surface area contributed by atoms with E-state index in [1.165, 1.54) is 7.11 Å². The first-order chi connectivity index (χ1) is 7.09. The zero-order valence-electron chi connectivity index (χ0n) is 11.3. The zero-order valence-corrected chi connectivity index (χ0v) is 11.3. The fourth-order valence-corrected chi connectivity index (χ4v) is 3.07. The minimum absolute atomic E-state index is 0.0565.